The van der Waals surface area contributed by atoms with Gasteiger partial charge in [-0.25, -0.2) is 4.79 Å². The third-order valence-corrected chi connectivity index (χ3v) is 4.09. The third-order valence-electron chi connectivity index (χ3n) is 2.21. The van der Waals surface area contributed by atoms with Crippen molar-refractivity contribution in [2.24, 2.45) is 0 Å². The van der Waals surface area contributed by atoms with E-state index in [-0.39, 0.29) is 12.0 Å². The number of nitrogens with one attached hydrogen (secondary N) is 1. The molecule has 0 aromatic heterocycles. The van der Waals surface area contributed by atoms with E-state index in [9.17, 15) is 4.79 Å². The fourth-order valence-electron chi connectivity index (χ4n) is 1.44. The molecule has 1 aromatic rings. The van der Waals surface area contributed by atoms with Crippen LogP contribution in [0, 0.1) is 0 Å². The van der Waals surface area contributed by atoms with E-state index in [0.29, 0.717) is 0 Å². The molecule has 0 spiro atoms. The van der Waals surface area contributed by atoms with Crippen LogP contribution in [0.15, 0.2) is 27.1 Å². The SMILES string of the molecule is COC(=O)C(NC(C)C)c1ccc(Br)c(Br)c1. The van der Waals surface area contributed by atoms with Crippen molar-refractivity contribution in [2.75, 3.05) is 7.11 Å². The van der Waals surface area contributed by atoms with E-state index in [1.54, 1.807) is 0 Å². The van der Waals surface area contributed by atoms with Gasteiger partial charge in [0.1, 0.15) is 6.04 Å². The zero-order chi connectivity index (χ0) is 13.0. The zero-order valence-corrected chi connectivity index (χ0v) is 13.1. The normalized spacial score (nSPS) is 12.6. The standard InChI is InChI=1S/C12H15Br2NO2/c1-7(2)15-11(12(16)17-3)8-4-5-9(13)10(14)6-8/h4-7,11,15H,1-3H3. The lowest BCUT2D eigenvalue weighted by molar-refractivity contribution is -0.143. The predicted octanol–water partition coefficient (Wildman–Crippen LogP) is 3.42. The van der Waals surface area contributed by atoms with Gasteiger partial charge < -0.3 is 4.74 Å². The van der Waals surface area contributed by atoms with Crippen LogP contribution in [-0.4, -0.2) is 19.1 Å². The highest BCUT2D eigenvalue weighted by molar-refractivity contribution is 9.13. The second kappa shape index (κ2) is 6.52. The Kier molecular flexibility index (Phi) is 5.62. The van der Waals surface area contributed by atoms with Gasteiger partial charge in [-0.1, -0.05) is 6.07 Å². The molecule has 1 N–H and O–H groups in total. The van der Waals surface area contributed by atoms with Crippen LogP contribution in [0.5, 0.6) is 0 Å². The number of carbonyl (C=O) groups is 1. The first-order valence-corrected chi connectivity index (χ1v) is 6.83. The molecule has 1 rings (SSSR count). The first-order chi connectivity index (χ1) is 7.95. The quantitative estimate of drug-likeness (QED) is 0.832. The number of ether oxygens (including phenoxy) is 1. The fraction of sp³-hybridized carbons (Fsp3) is 0.417. The van der Waals surface area contributed by atoms with Gasteiger partial charge >= 0.3 is 5.97 Å². The van der Waals surface area contributed by atoms with Gasteiger partial charge in [0.2, 0.25) is 0 Å². The molecule has 17 heavy (non-hydrogen) atoms. The summed E-state index contributed by atoms with van der Waals surface area (Å²) >= 11 is 6.82. The minimum Gasteiger partial charge on any atom is -0.468 e. The Hall–Kier alpha value is -0.390. The van der Waals surface area contributed by atoms with E-state index in [1.807, 2.05) is 32.0 Å². The minimum atomic E-state index is -0.440. The van der Waals surface area contributed by atoms with E-state index in [2.05, 4.69) is 37.2 Å². The van der Waals surface area contributed by atoms with Gasteiger partial charge in [-0.3, -0.25) is 5.32 Å². The molecular formula is C12H15Br2NO2. The van der Waals surface area contributed by atoms with Crippen molar-refractivity contribution < 1.29 is 9.53 Å². The van der Waals surface area contributed by atoms with Gasteiger partial charge in [0.15, 0.2) is 0 Å². The van der Waals surface area contributed by atoms with Crippen molar-refractivity contribution in [3.63, 3.8) is 0 Å². The molecule has 0 aliphatic rings. The van der Waals surface area contributed by atoms with Crippen LogP contribution in [0.2, 0.25) is 0 Å². The predicted molar refractivity (Wildman–Crippen MR) is 74.9 cm³/mol. The highest BCUT2D eigenvalue weighted by atomic mass is 79.9. The number of hydrogen-bond acceptors (Lipinski definition) is 3. The summed E-state index contributed by atoms with van der Waals surface area (Å²) in [5.41, 5.74) is 0.876. The Morgan fingerprint density at radius 1 is 1.29 bits per heavy atom. The molecule has 1 unspecified atom stereocenters. The lowest BCUT2D eigenvalue weighted by Crippen LogP contribution is -2.34. The van der Waals surface area contributed by atoms with Crippen molar-refractivity contribution in [1.29, 1.82) is 0 Å². The van der Waals surface area contributed by atoms with Crippen molar-refractivity contribution in [1.82, 2.24) is 5.32 Å². The van der Waals surface area contributed by atoms with Crippen LogP contribution >= 0.6 is 31.9 Å². The topological polar surface area (TPSA) is 38.3 Å². The molecular weight excluding hydrogens is 350 g/mol. The van der Waals surface area contributed by atoms with Crippen molar-refractivity contribution in [2.45, 2.75) is 25.9 Å². The largest absolute Gasteiger partial charge is 0.468 e. The third kappa shape index (κ3) is 4.08. The molecule has 0 aliphatic heterocycles. The minimum absolute atomic E-state index is 0.196. The zero-order valence-electron chi connectivity index (χ0n) is 9.96. The summed E-state index contributed by atoms with van der Waals surface area (Å²) < 4.78 is 6.67. The van der Waals surface area contributed by atoms with E-state index in [0.717, 1.165) is 14.5 Å². The lowest BCUT2D eigenvalue weighted by atomic mass is 10.1. The molecule has 1 aromatic carbocycles. The number of halogens is 2. The van der Waals surface area contributed by atoms with E-state index in [4.69, 9.17) is 4.74 Å². The smallest absolute Gasteiger partial charge is 0.327 e. The Morgan fingerprint density at radius 2 is 1.94 bits per heavy atom. The van der Waals surface area contributed by atoms with Crippen LogP contribution in [-0.2, 0) is 9.53 Å². The van der Waals surface area contributed by atoms with E-state index >= 15 is 0 Å². The Bertz CT molecular complexity index is 407. The molecule has 3 nitrogen and oxygen atoms in total. The summed E-state index contributed by atoms with van der Waals surface area (Å²) in [6, 6.07) is 5.45. The molecule has 0 bridgehead atoms. The lowest BCUT2D eigenvalue weighted by Gasteiger charge is -2.19. The monoisotopic (exact) mass is 363 g/mol. The number of hydrogen-bond donors (Lipinski definition) is 1. The summed E-state index contributed by atoms with van der Waals surface area (Å²) in [6.07, 6.45) is 0. The highest BCUT2D eigenvalue weighted by Gasteiger charge is 2.22. The molecule has 1 atom stereocenters. The summed E-state index contributed by atoms with van der Waals surface area (Å²) in [5, 5.41) is 3.18. The maximum absolute atomic E-state index is 11.7. The average Bonchev–Trinajstić information content (AvgIpc) is 2.28. The first-order valence-electron chi connectivity index (χ1n) is 5.24. The molecule has 0 aliphatic carbocycles. The Morgan fingerprint density at radius 3 is 2.41 bits per heavy atom. The van der Waals surface area contributed by atoms with Crippen LogP contribution in [0.4, 0.5) is 0 Å². The van der Waals surface area contributed by atoms with Crippen molar-refractivity contribution in [3.05, 3.63) is 32.7 Å². The molecule has 0 radical (unpaired) electrons. The molecule has 0 saturated carbocycles. The molecule has 94 valence electrons. The van der Waals surface area contributed by atoms with E-state index < -0.39 is 6.04 Å². The summed E-state index contributed by atoms with van der Waals surface area (Å²) in [4.78, 5) is 11.7. The second-order valence-electron chi connectivity index (χ2n) is 3.95. The number of esters is 1. The van der Waals surface area contributed by atoms with Crippen molar-refractivity contribution in [3.8, 4) is 0 Å². The van der Waals surface area contributed by atoms with E-state index in [1.165, 1.54) is 7.11 Å². The van der Waals surface area contributed by atoms with Crippen LogP contribution in [0.3, 0.4) is 0 Å². The van der Waals surface area contributed by atoms with Gasteiger partial charge in [0.05, 0.1) is 7.11 Å². The molecule has 0 saturated heterocycles. The number of rotatable bonds is 4. The first kappa shape index (κ1) is 14.7. The summed E-state index contributed by atoms with van der Waals surface area (Å²) in [5.74, 6) is -0.284. The Balaban J connectivity index is 3.03. The van der Waals surface area contributed by atoms with Gasteiger partial charge in [0.25, 0.3) is 0 Å². The van der Waals surface area contributed by atoms with Gasteiger partial charge in [-0.15, -0.1) is 0 Å². The molecule has 0 heterocycles. The van der Waals surface area contributed by atoms with Gasteiger partial charge in [0, 0.05) is 15.0 Å². The summed E-state index contributed by atoms with van der Waals surface area (Å²) in [6.45, 7) is 3.98. The van der Waals surface area contributed by atoms with Crippen molar-refractivity contribution >= 4 is 37.8 Å². The molecule has 0 amide bonds. The Labute approximate surface area is 118 Å². The number of methoxy groups -OCH3 is 1. The maximum atomic E-state index is 11.7. The van der Waals surface area contributed by atoms with Crippen LogP contribution in [0.1, 0.15) is 25.5 Å². The molecule has 5 heteroatoms. The van der Waals surface area contributed by atoms with Crippen LogP contribution in [0.25, 0.3) is 0 Å². The molecule has 0 fully saturated rings. The maximum Gasteiger partial charge on any atom is 0.327 e. The second-order valence-corrected chi connectivity index (χ2v) is 5.66. The number of benzene rings is 1. The van der Waals surface area contributed by atoms with Crippen LogP contribution < -0.4 is 5.32 Å². The highest BCUT2D eigenvalue weighted by Crippen LogP contribution is 2.27. The van der Waals surface area contributed by atoms with Gasteiger partial charge in [-0.05, 0) is 63.4 Å². The van der Waals surface area contributed by atoms with Gasteiger partial charge in [-0.2, -0.15) is 0 Å². The number of carbonyl (C=O) groups excluding carboxylic acids is 1. The fourth-order valence-corrected chi connectivity index (χ4v) is 2.09. The average molecular weight is 365 g/mol. The summed E-state index contributed by atoms with van der Waals surface area (Å²) in [7, 11) is 1.39.